The van der Waals surface area contributed by atoms with Crippen LogP contribution in [0.25, 0.3) is 0 Å². The number of para-hydroxylation sites is 1. The van der Waals surface area contributed by atoms with E-state index in [1.54, 1.807) is 12.1 Å². The Bertz CT molecular complexity index is 632. The molecule has 0 spiro atoms. The predicted molar refractivity (Wildman–Crippen MR) is 92.7 cm³/mol. The molecule has 0 heterocycles. The van der Waals surface area contributed by atoms with Crippen LogP contribution in [-0.4, -0.2) is 6.04 Å². The number of halogens is 3. The van der Waals surface area contributed by atoms with Gasteiger partial charge in [-0.05, 0) is 28.1 Å². The summed E-state index contributed by atoms with van der Waals surface area (Å²) >= 11 is 15.6. The summed E-state index contributed by atoms with van der Waals surface area (Å²) in [5, 5.41) is 4.45. The van der Waals surface area contributed by atoms with Crippen LogP contribution in [0, 0.1) is 0 Å². The second-order valence-electron chi connectivity index (χ2n) is 4.94. The first-order valence-electron chi connectivity index (χ1n) is 6.61. The maximum Gasteiger partial charge on any atom is 0.147 e. The van der Waals surface area contributed by atoms with E-state index >= 15 is 0 Å². The van der Waals surface area contributed by atoms with E-state index in [0.717, 1.165) is 22.3 Å². The summed E-state index contributed by atoms with van der Waals surface area (Å²) in [6, 6.07) is 11.7. The topological polar surface area (TPSA) is 21.3 Å². The molecule has 0 saturated heterocycles. The number of rotatable bonds is 5. The second kappa shape index (κ2) is 7.50. The molecule has 0 aliphatic heterocycles. The van der Waals surface area contributed by atoms with Crippen molar-refractivity contribution >= 4 is 39.1 Å². The minimum Gasteiger partial charge on any atom is -0.455 e. The molecule has 0 radical (unpaired) electrons. The normalized spacial score (nSPS) is 11.0. The second-order valence-corrected chi connectivity index (χ2v) is 6.61. The molecule has 0 saturated carbocycles. The minimum atomic E-state index is 0.406. The lowest BCUT2D eigenvalue weighted by atomic mass is 10.2. The van der Waals surface area contributed by atoms with Crippen molar-refractivity contribution in [2.45, 2.75) is 26.4 Å². The first kappa shape index (κ1) is 16.6. The fourth-order valence-corrected chi connectivity index (χ4v) is 2.60. The fraction of sp³-hybridized carbons (Fsp3) is 0.250. The van der Waals surface area contributed by atoms with Crippen LogP contribution in [0.2, 0.25) is 10.0 Å². The molecule has 0 fully saturated rings. The Labute approximate surface area is 143 Å². The largest absolute Gasteiger partial charge is 0.455 e. The zero-order valence-electron chi connectivity index (χ0n) is 11.8. The van der Waals surface area contributed by atoms with Gasteiger partial charge in [0.05, 0.1) is 10.0 Å². The van der Waals surface area contributed by atoms with Gasteiger partial charge < -0.3 is 10.1 Å². The molecule has 21 heavy (non-hydrogen) atoms. The van der Waals surface area contributed by atoms with Gasteiger partial charge in [-0.25, -0.2) is 0 Å². The lowest BCUT2D eigenvalue weighted by Crippen LogP contribution is -2.22. The Morgan fingerprint density at radius 1 is 1.10 bits per heavy atom. The van der Waals surface area contributed by atoms with Gasteiger partial charge >= 0.3 is 0 Å². The lowest BCUT2D eigenvalue weighted by Gasteiger charge is -2.14. The van der Waals surface area contributed by atoms with Crippen molar-refractivity contribution in [1.82, 2.24) is 5.32 Å². The molecule has 2 aromatic carbocycles. The van der Waals surface area contributed by atoms with Gasteiger partial charge in [0, 0.05) is 28.7 Å². The zero-order valence-corrected chi connectivity index (χ0v) is 14.9. The van der Waals surface area contributed by atoms with Gasteiger partial charge in [-0.2, -0.15) is 0 Å². The number of benzene rings is 2. The Hall–Kier alpha value is -0.740. The van der Waals surface area contributed by atoms with E-state index in [9.17, 15) is 0 Å². The molecule has 0 aromatic heterocycles. The van der Waals surface area contributed by atoms with E-state index in [-0.39, 0.29) is 0 Å². The highest BCUT2D eigenvalue weighted by Crippen LogP contribution is 2.37. The van der Waals surface area contributed by atoms with Crippen LogP contribution in [0.1, 0.15) is 19.4 Å². The zero-order chi connectivity index (χ0) is 15.4. The van der Waals surface area contributed by atoms with Crippen molar-refractivity contribution in [3.63, 3.8) is 0 Å². The Balaban J connectivity index is 2.25. The van der Waals surface area contributed by atoms with Gasteiger partial charge in [-0.3, -0.25) is 0 Å². The molecule has 0 amide bonds. The van der Waals surface area contributed by atoms with Crippen LogP contribution >= 0.6 is 39.1 Å². The van der Waals surface area contributed by atoms with Gasteiger partial charge in [0.2, 0.25) is 0 Å². The van der Waals surface area contributed by atoms with Gasteiger partial charge in [-0.15, -0.1) is 0 Å². The highest BCUT2D eigenvalue weighted by Gasteiger charge is 2.10. The smallest absolute Gasteiger partial charge is 0.147 e. The van der Waals surface area contributed by atoms with Crippen molar-refractivity contribution in [2.75, 3.05) is 0 Å². The summed E-state index contributed by atoms with van der Waals surface area (Å²) in [5.41, 5.74) is 1.07. The Kier molecular flexibility index (Phi) is 5.94. The van der Waals surface area contributed by atoms with Crippen LogP contribution in [0.4, 0.5) is 0 Å². The summed E-state index contributed by atoms with van der Waals surface area (Å²) in [7, 11) is 0. The van der Waals surface area contributed by atoms with E-state index in [1.165, 1.54) is 0 Å². The van der Waals surface area contributed by atoms with E-state index in [2.05, 4.69) is 35.1 Å². The molecule has 5 heteroatoms. The van der Waals surface area contributed by atoms with Crippen molar-refractivity contribution in [2.24, 2.45) is 0 Å². The molecule has 1 N–H and O–H groups in total. The molecule has 0 atom stereocenters. The molecule has 2 rings (SSSR count). The standard InChI is InChI=1S/C16H16BrCl2NO/c1-10(2)20-9-11-5-3-4-6-15(11)21-16-8-13(18)12(17)7-14(16)19/h3-8,10,20H,9H2,1-2H3. The van der Waals surface area contributed by atoms with Crippen LogP contribution < -0.4 is 10.1 Å². The van der Waals surface area contributed by atoms with Crippen molar-refractivity contribution in [3.05, 3.63) is 56.5 Å². The number of hydrogen-bond acceptors (Lipinski definition) is 2. The number of hydrogen-bond donors (Lipinski definition) is 1. The maximum atomic E-state index is 6.20. The van der Waals surface area contributed by atoms with Crippen LogP contribution in [-0.2, 0) is 6.54 Å². The molecule has 2 aromatic rings. The number of ether oxygens (including phenoxy) is 1. The summed E-state index contributed by atoms with van der Waals surface area (Å²) in [6.45, 7) is 4.94. The Morgan fingerprint density at radius 3 is 2.52 bits per heavy atom. The SMILES string of the molecule is CC(C)NCc1ccccc1Oc1cc(Cl)c(Br)cc1Cl. The van der Waals surface area contributed by atoms with Gasteiger partial charge in [0.15, 0.2) is 0 Å². The fourth-order valence-electron chi connectivity index (χ4n) is 1.76. The first-order valence-corrected chi connectivity index (χ1v) is 8.16. The monoisotopic (exact) mass is 387 g/mol. The van der Waals surface area contributed by atoms with E-state index in [4.69, 9.17) is 27.9 Å². The summed E-state index contributed by atoms with van der Waals surface area (Å²) < 4.78 is 6.68. The van der Waals surface area contributed by atoms with Crippen LogP contribution in [0.3, 0.4) is 0 Å². The summed E-state index contributed by atoms with van der Waals surface area (Å²) in [4.78, 5) is 0. The predicted octanol–water partition coefficient (Wildman–Crippen LogP) is 6.05. The van der Waals surface area contributed by atoms with E-state index in [0.29, 0.717) is 21.8 Å². The molecular formula is C16H16BrCl2NO. The average Bonchev–Trinajstić information content (AvgIpc) is 2.43. The highest BCUT2D eigenvalue weighted by molar-refractivity contribution is 9.10. The summed E-state index contributed by atoms with van der Waals surface area (Å²) in [6.07, 6.45) is 0. The van der Waals surface area contributed by atoms with Gasteiger partial charge in [0.25, 0.3) is 0 Å². The van der Waals surface area contributed by atoms with Crippen molar-refractivity contribution < 1.29 is 4.74 Å². The van der Waals surface area contributed by atoms with E-state index < -0.39 is 0 Å². The van der Waals surface area contributed by atoms with Crippen molar-refractivity contribution in [3.8, 4) is 11.5 Å². The third-order valence-electron chi connectivity index (χ3n) is 2.87. The van der Waals surface area contributed by atoms with Crippen LogP contribution in [0.5, 0.6) is 11.5 Å². The van der Waals surface area contributed by atoms with Crippen molar-refractivity contribution in [1.29, 1.82) is 0 Å². The van der Waals surface area contributed by atoms with Gasteiger partial charge in [-0.1, -0.05) is 55.2 Å². The quantitative estimate of drug-likeness (QED) is 0.629. The van der Waals surface area contributed by atoms with Gasteiger partial charge in [0.1, 0.15) is 11.5 Å². The van der Waals surface area contributed by atoms with E-state index in [1.807, 2.05) is 24.3 Å². The molecule has 2 nitrogen and oxygen atoms in total. The molecule has 0 bridgehead atoms. The summed E-state index contributed by atoms with van der Waals surface area (Å²) in [5.74, 6) is 1.31. The third-order valence-corrected chi connectivity index (χ3v) is 4.36. The maximum absolute atomic E-state index is 6.20. The molecular weight excluding hydrogens is 373 g/mol. The number of nitrogens with one attached hydrogen (secondary N) is 1. The third kappa shape index (κ3) is 4.62. The lowest BCUT2D eigenvalue weighted by molar-refractivity contribution is 0.469. The molecule has 0 unspecified atom stereocenters. The Morgan fingerprint density at radius 2 is 1.81 bits per heavy atom. The van der Waals surface area contributed by atoms with Crippen LogP contribution in [0.15, 0.2) is 40.9 Å². The average molecular weight is 389 g/mol. The first-order chi connectivity index (χ1) is 9.97. The minimum absolute atomic E-state index is 0.406. The molecule has 112 valence electrons. The molecule has 0 aliphatic rings. The molecule has 0 aliphatic carbocycles. The highest BCUT2D eigenvalue weighted by atomic mass is 79.9.